The number of hydrogen-bond acceptors (Lipinski definition) is 2. The molecule has 0 heterocycles. The minimum atomic E-state index is -0.240. The van der Waals surface area contributed by atoms with Gasteiger partial charge in [0, 0.05) is 12.8 Å². The first-order valence-electron chi connectivity index (χ1n) is 6.92. The molecule has 2 rings (SSSR count). The third-order valence-corrected chi connectivity index (χ3v) is 3.32. The van der Waals surface area contributed by atoms with Crippen molar-refractivity contribution in [2.24, 2.45) is 0 Å². The van der Waals surface area contributed by atoms with E-state index < -0.39 is 0 Å². The fourth-order valence-corrected chi connectivity index (χ4v) is 2.15. The molecule has 0 N–H and O–H groups in total. The number of ketones is 1. The summed E-state index contributed by atoms with van der Waals surface area (Å²) in [5, 5.41) is 8.71. The molecule has 0 aliphatic rings. The van der Waals surface area contributed by atoms with Gasteiger partial charge in [0.2, 0.25) is 0 Å². The van der Waals surface area contributed by atoms with E-state index in [1.54, 1.807) is 24.3 Å². The van der Waals surface area contributed by atoms with E-state index >= 15 is 0 Å². The molecule has 106 valence electrons. The Hall–Kier alpha value is -2.47. The van der Waals surface area contributed by atoms with Gasteiger partial charge in [-0.1, -0.05) is 24.3 Å². The summed E-state index contributed by atoms with van der Waals surface area (Å²) in [6.07, 6.45) is 2.45. The first-order chi connectivity index (χ1) is 10.2. The molecule has 2 nitrogen and oxygen atoms in total. The number of halogens is 1. The minimum absolute atomic E-state index is 0.182. The summed E-state index contributed by atoms with van der Waals surface area (Å²) in [4.78, 5) is 11.9. The highest BCUT2D eigenvalue weighted by molar-refractivity contribution is 5.80. The summed E-state index contributed by atoms with van der Waals surface area (Å²) >= 11 is 0. The van der Waals surface area contributed by atoms with Gasteiger partial charge in [0.05, 0.1) is 11.6 Å². The maximum absolute atomic E-state index is 12.8. The van der Waals surface area contributed by atoms with E-state index in [9.17, 15) is 9.18 Å². The quantitative estimate of drug-likeness (QED) is 0.807. The SMILES string of the molecule is N#Cc1ccc(CC(=O)CCCc2ccc(F)cc2)cc1. The molecule has 0 aliphatic carbocycles. The molecule has 0 saturated heterocycles. The predicted molar refractivity (Wildman–Crippen MR) is 79.2 cm³/mol. The van der Waals surface area contributed by atoms with Gasteiger partial charge in [0.15, 0.2) is 0 Å². The number of rotatable bonds is 6. The van der Waals surface area contributed by atoms with E-state index in [0.29, 0.717) is 18.4 Å². The van der Waals surface area contributed by atoms with Crippen molar-refractivity contribution in [3.8, 4) is 6.07 Å². The molecular weight excluding hydrogens is 265 g/mol. The van der Waals surface area contributed by atoms with Gasteiger partial charge in [0.25, 0.3) is 0 Å². The van der Waals surface area contributed by atoms with Crippen LogP contribution in [0.25, 0.3) is 0 Å². The Morgan fingerprint density at radius 1 is 1.00 bits per heavy atom. The first-order valence-corrected chi connectivity index (χ1v) is 6.92. The Morgan fingerprint density at radius 3 is 2.24 bits per heavy atom. The summed E-state index contributed by atoms with van der Waals surface area (Å²) in [6.45, 7) is 0. The lowest BCUT2D eigenvalue weighted by atomic mass is 10.0. The summed E-state index contributed by atoms with van der Waals surface area (Å²) in [7, 11) is 0. The lowest BCUT2D eigenvalue weighted by Gasteiger charge is -2.03. The van der Waals surface area contributed by atoms with E-state index in [0.717, 1.165) is 24.0 Å². The second-order valence-corrected chi connectivity index (χ2v) is 5.00. The van der Waals surface area contributed by atoms with Crippen LogP contribution in [0.5, 0.6) is 0 Å². The van der Waals surface area contributed by atoms with Gasteiger partial charge in [0.1, 0.15) is 11.6 Å². The van der Waals surface area contributed by atoms with Crippen molar-refractivity contribution in [1.29, 1.82) is 5.26 Å². The zero-order valence-electron chi connectivity index (χ0n) is 11.7. The van der Waals surface area contributed by atoms with Crippen molar-refractivity contribution in [2.45, 2.75) is 25.7 Å². The summed E-state index contributed by atoms with van der Waals surface area (Å²) in [5.74, 6) is -0.0579. The third-order valence-electron chi connectivity index (χ3n) is 3.32. The predicted octanol–water partition coefficient (Wildman–Crippen LogP) is 3.83. The zero-order valence-corrected chi connectivity index (χ0v) is 11.7. The number of hydrogen-bond donors (Lipinski definition) is 0. The number of carbonyl (C=O) groups is 1. The molecule has 0 amide bonds. The van der Waals surface area contributed by atoms with E-state index in [4.69, 9.17) is 5.26 Å². The molecule has 0 unspecified atom stereocenters. The number of nitrogens with zero attached hydrogens (tertiary/aromatic N) is 1. The molecule has 21 heavy (non-hydrogen) atoms. The van der Waals surface area contributed by atoms with E-state index in [2.05, 4.69) is 6.07 Å². The average molecular weight is 281 g/mol. The van der Waals surface area contributed by atoms with Crippen LogP contribution in [0.4, 0.5) is 4.39 Å². The highest BCUT2D eigenvalue weighted by Gasteiger charge is 2.04. The van der Waals surface area contributed by atoms with Crippen LogP contribution in [0.2, 0.25) is 0 Å². The van der Waals surface area contributed by atoms with Crippen LogP contribution >= 0.6 is 0 Å². The molecule has 0 atom stereocenters. The van der Waals surface area contributed by atoms with Gasteiger partial charge in [-0.25, -0.2) is 4.39 Å². The van der Waals surface area contributed by atoms with Crippen molar-refractivity contribution >= 4 is 5.78 Å². The summed E-state index contributed by atoms with van der Waals surface area (Å²) in [5.41, 5.74) is 2.57. The van der Waals surface area contributed by atoms with E-state index in [1.165, 1.54) is 12.1 Å². The number of carbonyl (C=O) groups excluding carboxylic acids is 1. The Bertz CT molecular complexity index is 638. The second kappa shape index (κ2) is 7.35. The Labute approximate surface area is 123 Å². The summed E-state index contributed by atoms with van der Waals surface area (Å²) < 4.78 is 12.8. The highest BCUT2D eigenvalue weighted by Crippen LogP contribution is 2.10. The number of Topliss-reactive ketones (excluding diaryl/α,β-unsaturated/α-hetero) is 1. The van der Waals surface area contributed by atoms with Crippen LogP contribution in [0, 0.1) is 17.1 Å². The lowest BCUT2D eigenvalue weighted by Crippen LogP contribution is -2.03. The smallest absolute Gasteiger partial charge is 0.137 e. The van der Waals surface area contributed by atoms with Crippen LogP contribution in [0.15, 0.2) is 48.5 Å². The fourth-order valence-electron chi connectivity index (χ4n) is 2.15. The topological polar surface area (TPSA) is 40.9 Å². The van der Waals surface area contributed by atoms with Crippen LogP contribution in [-0.2, 0) is 17.6 Å². The first kappa shape index (κ1) is 14.9. The zero-order chi connectivity index (χ0) is 15.1. The molecule has 0 saturated carbocycles. The molecule has 0 aliphatic heterocycles. The molecular formula is C18H16FNO. The van der Waals surface area contributed by atoms with E-state index in [1.807, 2.05) is 12.1 Å². The van der Waals surface area contributed by atoms with Gasteiger partial charge in [-0.3, -0.25) is 4.79 Å². The molecule has 0 aromatic heterocycles. The number of nitriles is 1. The Balaban J connectivity index is 1.76. The number of aryl methyl sites for hydroxylation is 1. The largest absolute Gasteiger partial charge is 0.299 e. The molecule has 0 spiro atoms. The van der Waals surface area contributed by atoms with Crippen LogP contribution < -0.4 is 0 Å². The summed E-state index contributed by atoms with van der Waals surface area (Å²) in [6, 6.07) is 15.5. The van der Waals surface area contributed by atoms with Crippen molar-refractivity contribution < 1.29 is 9.18 Å². The molecule has 2 aromatic rings. The van der Waals surface area contributed by atoms with Crippen LogP contribution in [0.3, 0.4) is 0 Å². The maximum atomic E-state index is 12.8. The van der Waals surface area contributed by atoms with Crippen LogP contribution in [-0.4, -0.2) is 5.78 Å². The van der Waals surface area contributed by atoms with Crippen molar-refractivity contribution in [1.82, 2.24) is 0 Å². The van der Waals surface area contributed by atoms with E-state index in [-0.39, 0.29) is 11.6 Å². The normalized spacial score (nSPS) is 10.1. The van der Waals surface area contributed by atoms with Gasteiger partial charge in [-0.05, 0) is 48.2 Å². The van der Waals surface area contributed by atoms with Gasteiger partial charge >= 0.3 is 0 Å². The Morgan fingerprint density at radius 2 is 1.62 bits per heavy atom. The fraction of sp³-hybridized carbons (Fsp3) is 0.222. The van der Waals surface area contributed by atoms with Gasteiger partial charge in [-0.15, -0.1) is 0 Å². The highest BCUT2D eigenvalue weighted by atomic mass is 19.1. The lowest BCUT2D eigenvalue weighted by molar-refractivity contribution is -0.118. The van der Waals surface area contributed by atoms with Crippen molar-refractivity contribution in [3.05, 3.63) is 71.0 Å². The standard InChI is InChI=1S/C18H16FNO/c19-17-10-8-14(9-11-17)2-1-3-18(21)12-15-4-6-16(13-20)7-5-15/h4-11H,1-3,12H2. The molecule has 2 aromatic carbocycles. The van der Waals surface area contributed by atoms with Crippen molar-refractivity contribution in [3.63, 3.8) is 0 Å². The monoisotopic (exact) mass is 281 g/mol. The van der Waals surface area contributed by atoms with Crippen molar-refractivity contribution in [2.75, 3.05) is 0 Å². The number of benzene rings is 2. The third kappa shape index (κ3) is 4.85. The molecule has 3 heteroatoms. The molecule has 0 radical (unpaired) electrons. The molecule has 0 bridgehead atoms. The van der Waals surface area contributed by atoms with Crippen LogP contribution in [0.1, 0.15) is 29.5 Å². The second-order valence-electron chi connectivity index (χ2n) is 5.00. The van der Waals surface area contributed by atoms with Gasteiger partial charge in [-0.2, -0.15) is 5.26 Å². The minimum Gasteiger partial charge on any atom is -0.299 e. The molecule has 0 fully saturated rings. The maximum Gasteiger partial charge on any atom is 0.137 e. The van der Waals surface area contributed by atoms with Gasteiger partial charge < -0.3 is 0 Å². The average Bonchev–Trinajstić information content (AvgIpc) is 2.50. The Kier molecular flexibility index (Phi) is 5.22.